The largest absolute Gasteiger partial charge is 0.493 e. The molecule has 33 heavy (non-hydrogen) atoms. The predicted octanol–water partition coefficient (Wildman–Crippen LogP) is 3.07. The summed E-state index contributed by atoms with van der Waals surface area (Å²) in [6, 6.07) is 11.8. The molecule has 0 bridgehead atoms. The van der Waals surface area contributed by atoms with Crippen molar-refractivity contribution >= 4 is 17.5 Å². The van der Waals surface area contributed by atoms with Crippen molar-refractivity contribution in [3.8, 4) is 11.6 Å². The topological polar surface area (TPSA) is 94.4 Å². The minimum atomic E-state index is -0.142. The van der Waals surface area contributed by atoms with Crippen LogP contribution in [0.2, 0.25) is 0 Å². The number of fused-ring (bicyclic) bond motifs is 1. The first kappa shape index (κ1) is 21.4. The molecule has 2 aliphatic rings. The molecule has 1 amide bonds. The molecular weight excluding hydrogens is 420 g/mol. The summed E-state index contributed by atoms with van der Waals surface area (Å²) in [5.41, 5.74) is 2.83. The molecular formula is C24H28N6O3. The van der Waals surface area contributed by atoms with Crippen LogP contribution >= 0.6 is 0 Å². The second kappa shape index (κ2) is 9.19. The van der Waals surface area contributed by atoms with Crippen molar-refractivity contribution in [1.82, 2.24) is 20.0 Å². The summed E-state index contributed by atoms with van der Waals surface area (Å²) < 4.78 is 13.1. The first-order valence-corrected chi connectivity index (χ1v) is 11.4. The average Bonchev–Trinajstić information content (AvgIpc) is 3.19. The molecule has 0 aliphatic carbocycles. The Balaban J connectivity index is 1.51. The number of para-hydroxylation sites is 1. The van der Waals surface area contributed by atoms with E-state index in [4.69, 9.17) is 14.6 Å². The van der Waals surface area contributed by atoms with Gasteiger partial charge in [-0.1, -0.05) is 25.1 Å². The third-order valence-electron chi connectivity index (χ3n) is 6.05. The van der Waals surface area contributed by atoms with Crippen LogP contribution < -0.4 is 15.0 Å². The molecule has 2 aliphatic heterocycles. The van der Waals surface area contributed by atoms with Crippen molar-refractivity contribution in [2.24, 2.45) is 0 Å². The Morgan fingerprint density at radius 2 is 1.88 bits per heavy atom. The quantitative estimate of drug-likeness (QED) is 0.619. The Bertz CT molecular complexity index is 1140. The van der Waals surface area contributed by atoms with Gasteiger partial charge in [-0.3, -0.25) is 4.79 Å². The summed E-state index contributed by atoms with van der Waals surface area (Å²) in [7, 11) is 0. The maximum atomic E-state index is 12.7. The number of hydrogen-bond donors (Lipinski definition) is 1. The maximum Gasteiger partial charge on any atom is 0.226 e. The summed E-state index contributed by atoms with van der Waals surface area (Å²) in [6.45, 7) is 7.63. The molecule has 1 fully saturated rings. The molecule has 9 heteroatoms. The van der Waals surface area contributed by atoms with Gasteiger partial charge in [0.2, 0.25) is 5.91 Å². The lowest BCUT2D eigenvalue weighted by atomic mass is 9.85. The molecule has 5 rings (SSSR count). The number of ether oxygens (including phenoxy) is 2. The van der Waals surface area contributed by atoms with Crippen LogP contribution in [0, 0.1) is 6.92 Å². The number of rotatable bonds is 6. The zero-order chi connectivity index (χ0) is 22.8. The molecule has 2 aromatic heterocycles. The number of aryl methyl sites for hydroxylation is 1. The number of nitrogens with zero attached hydrogens (tertiary/aromatic N) is 5. The normalized spacial score (nSPS) is 18.1. The first-order chi connectivity index (χ1) is 16.2. The number of aromatic nitrogens is 4. The van der Waals surface area contributed by atoms with Gasteiger partial charge in [0.05, 0.1) is 25.5 Å². The highest BCUT2D eigenvalue weighted by Crippen LogP contribution is 2.43. The third kappa shape index (κ3) is 4.16. The summed E-state index contributed by atoms with van der Waals surface area (Å²) >= 11 is 0. The van der Waals surface area contributed by atoms with Crippen LogP contribution in [0.3, 0.4) is 0 Å². The summed E-state index contributed by atoms with van der Waals surface area (Å²) in [4.78, 5) is 14.9. The number of morpholine rings is 1. The highest BCUT2D eigenvalue weighted by atomic mass is 16.5. The van der Waals surface area contributed by atoms with Crippen LogP contribution in [-0.2, 0) is 9.53 Å². The second-order valence-corrected chi connectivity index (χ2v) is 8.30. The number of carbonyl (C=O) groups is 1. The van der Waals surface area contributed by atoms with Gasteiger partial charge < -0.3 is 19.7 Å². The van der Waals surface area contributed by atoms with Crippen molar-refractivity contribution in [1.29, 1.82) is 0 Å². The van der Waals surface area contributed by atoms with E-state index in [9.17, 15) is 4.79 Å². The van der Waals surface area contributed by atoms with Crippen molar-refractivity contribution in [3.05, 3.63) is 53.2 Å². The van der Waals surface area contributed by atoms with Gasteiger partial charge in [0.25, 0.3) is 0 Å². The lowest BCUT2D eigenvalue weighted by molar-refractivity contribution is -0.116. The molecule has 1 aromatic carbocycles. The summed E-state index contributed by atoms with van der Waals surface area (Å²) in [5.74, 6) is 2.63. The summed E-state index contributed by atoms with van der Waals surface area (Å²) in [5, 5.41) is 16.6. The van der Waals surface area contributed by atoms with Crippen molar-refractivity contribution in [3.63, 3.8) is 0 Å². The molecule has 1 saturated heterocycles. The molecule has 9 nitrogen and oxygen atoms in total. The van der Waals surface area contributed by atoms with Crippen LogP contribution in [-0.4, -0.2) is 58.8 Å². The Morgan fingerprint density at radius 1 is 1.12 bits per heavy atom. The number of hydrogen-bond acceptors (Lipinski definition) is 7. The van der Waals surface area contributed by atoms with Crippen molar-refractivity contribution in [2.75, 3.05) is 43.1 Å². The molecule has 3 aromatic rings. The Labute approximate surface area is 192 Å². The van der Waals surface area contributed by atoms with Crippen molar-refractivity contribution in [2.45, 2.75) is 32.6 Å². The van der Waals surface area contributed by atoms with Gasteiger partial charge in [-0.2, -0.15) is 9.78 Å². The van der Waals surface area contributed by atoms with E-state index in [0.29, 0.717) is 37.9 Å². The highest BCUT2D eigenvalue weighted by Gasteiger charge is 2.34. The van der Waals surface area contributed by atoms with Gasteiger partial charge in [0, 0.05) is 36.6 Å². The van der Waals surface area contributed by atoms with Gasteiger partial charge >= 0.3 is 0 Å². The van der Waals surface area contributed by atoms with E-state index in [2.05, 4.69) is 27.3 Å². The minimum absolute atomic E-state index is 0.0585. The molecule has 0 spiro atoms. The van der Waals surface area contributed by atoms with E-state index in [-0.39, 0.29) is 11.8 Å². The maximum absolute atomic E-state index is 12.7. The van der Waals surface area contributed by atoms with E-state index in [1.54, 1.807) is 4.68 Å². The molecule has 172 valence electrons. The monoisotopic (exact) mass is 448 g/mol. The van der Waals surface area contributed by atoms with Gasteiger partial charge in [0.15, 0.2) is 11.6 Å². The van der Waals surface area contributed by atoms with Crippen molar-refractivity contribution < 1.29 is 14.3 Å². The first-order valence-electron chi connectivity index (χ1n) is 11.4. The fourth-order valence-corrected chi connectivity index (χ4v) is 4.48. The highest BCUT2D eigenvalue weighted by molar-refractivity contribution is 5.95. The van der Waals surface area contributed by atoms with Gasteiger partial charge in [-0.05, 0) is 31.5 Å². The number of anilines is 2. The fourth-order valence-electron chi connectivity index (χ4n) is 4.48. The Hall–Kier alpha value is -3.46. The van der Waals surface area contributed by atoms with Crippen LogP contribution in [0.1, 0.15) is 42.5 Å². The fraction of sp³-hybridized carbons (Fsp3) is 0.417. The summed E-state index contributed by atoms with van der Waals surface area (Å²) in [6.07, 6.45) is 1.26. The molecule has 1 N–H and O–H groups in total. The zero-order valence-electron chi connectivity index (χ0n) is 19.0. The van der Waals surface area contributed by atoms with Gasteiger partial charge in [0.1, 0.15) is 11.6 Å². The van der Waals surface area contributed by atoms with E-state index in [1.807, 2.05) is 43.3 Å². The minimum Gasteiger partial charge on any atom is -0.493 e. The Kier molecular flexibility index (Phi) is 5.95. The van der Waals surface area contributed by atoms with E-state index >= 15 is 0 Å². The van der Waals surface area contributed by atoms with Crippen LogP contribution in [0.15, 0.2) is 36.4 Å². The SMILES string of the molecule is CCCOc1ccccc1C1CC(=O)Nc2c1c(C)nn2-c1ccc(N2CCOCC2)nn1. The standard InChI is InChI=1S/C24H28N6O3/c1-3-12-33-19-7-5-4-6-17(19)18-15-22(31)25-24-23(18)16(2)28-30(24)21-9-8-20(26-27-21)29-10-13-32-14-11-29/h4-9,18H,3,10-15H2,1-2H3,(H,25,31). The molecule has 0 saturated carbocycles. The number of amides is 1. The van der Waals surface area contributed by atoms with E-state index in [0.717, 1.165) is 47.9 Å². The zero-order valence-corrected chi connectivity index (χ0v) is 19.0. The molecule has 0 radical (unpaired) electrons. The number of carbonyl (C=O) groups excluding carboxylic acids is 1. The number of nitrogens with one attached hydrogen (secondary N) is 1. The molecule has 4 heterocycles. The smallest absolute Gasteiger partial charge is 0.226 e. The molecule has 1 atom stereocenters. The van der Waals surface area contributed by atoms with Crippen LogP contribution in [0.25, 0.3) is 5.82 Å². The second-order valence-electron chi connectivity index (χ2n) is 8.30. The van der Waals surface area contributed by atoms with Gasteiger partial charge in [-0.25, -0.2) is 0 Å². The van der Waals surface area contributed by atoms with E-state index in [1.165, 1.54) is 0 Å². The number of benzene rings is 1. The lowest BCUT2D eigenvalue weighted by Crippen LogP contribution is -2.36. The van der Waals surface area contributed by atoms with Crippen LogP contribution in [0.5, 0.6) is 5.75 Å². The van der Waals surface area contributed by atoms with Crippen LogP contribution in [0.4, 0.5) is 11.6 Å². The third-order valence-corrected chi connectivity index (χ3v) is 6.05. The lowest BCUT2D eigenvalue weighted by Gasteiger charge is -2.27. The predicted molar refractivity (Wildman–Crippen MR) is 124 cm³/mol. The molecule has 1 unspecified atom stereocenters. The van der Waals surface area contributed by atoms with E-state index < -0.39 is 0 Å². The average molecular weight is 449 g/mol. The van der Waals surface area contributed by atoms with Gasteiger partial charge in [-0.15, -0.1) is 10.2 Å². The Morgan fingerprint density at radius 3 is 2.64 bits per heavy atom.